The monoisotopic (exact) mass is 239 g/mol. The second-order valence-electron chi connectivity index (χ2n) is 4.45. The highest BCUT2D eigenvalue weighted by Crippen LogP contribution is 2.38. The Bertz CT molecular complexity index is 415. The van der Waals surface area contributed by atoms with Crippen molar-refractivity contribution in [2.75, 3.05) is 0 Å². The number of nitro groups is 1. The van der Waals surface area contributed by atoms with Crippen LogP contribution in [0.25, 0.3) is 0 Å². The molecule has 1 fully saturated rings. The molecule has 1 saturated carbocycles. The van der Waals surface area contributed by atoms with E-state index in [4.69, 9.17) is 11.6 Å². The van der Waals surface area contributed by atoms with Crippen molar-refractivity contribution >= 4 is 17.3 Å². The molecule has 16 heavy (non-hydrogen) atoms. The van der Waals surface area contributed by atoms with Crippen LogP contribution in [0, 0.1) is 23.0 Å². The number of alkyl halides is 1. The molecule has 0 bridgehead atoms. The van der Waals surface area contributed by atoms with Crippen molar-refractivity contribution in [2.24, 2.45) is 5.92 Å². The predicted molar refractivity (Wildman–Crippen MR) is 63.9 cm³/mol. The Morgan fingerprint density at radius 2 is 2.25 bits per heavy atom. The molecule has 4 heteroatoms. The molecule has 0 spiro atoms. The van der Waals surface area contributed by atoms with Crippen molar-refractivity contribution in [2.45, 2.75) is 31.6 Å². The van der Waals surface area contributed by atoms with Gasteiger partial charge < -0.3 is 0 Å². The number of nitrogens with zero attached hydrogens (tertiary/aromatic N) is 1. The molecule has 1 atom stereocenters. The number of aryl methyl sites for hydroxylation is 1. The zero-order valence-corrected chi connectivity index (χ0v) is 9.91. The first kappa shape index (κ1) is 11.4. The third-order valence-corrected chi connectivity index (χ3v) is 3.49. The van der Waals surface area contributed by atoms with Crippen LogP contribution in [0.3, 0.4) is 0 Å². The van der Waals surface area contributed by atoms with E-state index in [0.29, 0.717) is 12.3 Å². The standard InChI is InChI=1S/C12H14ClNO2/c1-8-2-5-12(14(15)16)10(6-8)7-11(13)9-3-4-9/h2,5-6,9,11H,3-4,7H2,1H3. The molecule has 2 rings (SSSR count). The first-order chi connectivity index (χ1) is 7.58. The fourth-order valence-electron chi connectivity index (χ4n) is 1.89. The molecule has 0 N–H and O–H groups in total. The summed E-state index contributed by atoms with van der Waals surface area (Å²) in [7, 11) is 0. The second kappa shape index (κ2) is 4.42. The summed E-state index contributed by atoms with van der Waals surface area (Å²) in [5.41, 5.74) is 1.99. The van der Waals surface area contributed by atoms with Gasteiger partial charge in [-0.15, -0.1) is 11.6 Å². The molecular weight excluding hydrogens is 226 g/mol. The Labute approximate surface area is 99.6 Å². The average Bonchev–Trinajstić information content (AvgIpc) is 2.99. The zero-order chi connectivity index (χ0) is 11.7. The Hall–Kier alpha value is -1.09. The van der Waals surface area contributed by atoms with Crippen molar-refractivity contribution < 1.29 is 4.92 Å². The van der Waals surface area contributed by atoms with Gasteiger partial charge in [-0.25, -0.2) is 0 Å². The maximum absolute atomic E-state index is 10.9. The van der Waals surface area contributed by atoms with Gasteiger partial charge in [-0.2, -0.15) is 0 Å². The molecule has 1 unspecified atom stereocenters. The minimum Gasteiger partial charge on any atom is -0.258 e. The maximum Gasteiger partial charge on any atom is 0.272 e. The summed E-state index contributed by atoms with van der Waals surface area (Å²) in [5.74, 6) is 0.557. The van der Waals surface area contributed by atoms with Crippen LogP contribution in [0.2, 0.25) is 0 Å². The molecule has 1 aliphatic rings. The van der Waals surface area contributed by atoms with Gasteiger partial charge in [-0.3, -0.25) is 10.1 Å². The van der Waals surface area contributed by atoms with Crippen LogP contribution in [-0.2, 0) is 6.42 Å². The summed E-state index contributed by atoms with van der Waals surface area (Å²) in [6, 6.07) is 5.21. The SMILES string of the molecule is Cc1ccc([N+](=O)[O-])c(CC(Cl)C2CC2)c1. The van der Waals surface area contributed by atoms with E-state index in [9.17, 15) is 10.1 Å². The molecule has 86 valence electrons. The van der Waals surface area contributed by atoms with Gasteiger partial charge in [-0.05, 0) is 38.2 Å². The summed E-state index contributed by atoms with van der Waals surface area (Å²) < 4.78 is 0. The van der Waals surface area contributed by atoms with E-state index < -0.39 is 0 Å². The number of nitro benzene ring substituents is 1. The van der Waals surface area contributed by atoms with Crippen LogP contribution < -0.4 is 0 Å². The highest BCUT2D eigenvalue weighted by atomic mass is 35.5. The Kier molecular flexibility index (Phi) is 3.15. The first-order valence-corrected chi connectivity index (χ1v) is 5.89. The molecule has 0 amide bonds. The zero-order valence-electron chi connectivity index (χ0n) is 9.15. The van der Waals surface area contributed by atoms with Crippen LogP contribution in [0.1, 0.15) is 24.0 Å². The summed E-state index contributed by atoms with van der Waals surface area (Å²) in [5, 5.41) is 10.9. The van der Waals surface area contributed by atoms with Gasteiger partial charge in [0.05, 0.1) is 4.92 Å². The van der Waals surface area contributed by atoms with Gasteiger partial charge in [0.1, 0.15) is 0 Å². The van der Waals surface area contributed by atoms with Gasteiger partial charge >= 0.3 is 0 Å². The van der Waals surface area contributed by atoms with Crippen LogP contribution in [0.15, 0.2) is 18.2 Å². The van der Waals surface area contributed by atoms with Gasteiger partial charge in [-0.1, -0.05) is 11.6 Å². The van der Waals surface area contributed by atoms with Crippen LogP contribution >= 0.6 is 11.6 Å². The fraction of sp³-hybridized carbons (Fsp3) is 0.500. The van der Waals surface area contributed by atoms with Crippen molar-refractivity contribution in [1.82, 2.24) is 0 Å². The number of benzene rings is 1. The quantitative estimate of drug-likeness (QED) is 0.459. The van der Waals surface area contributed by atoms with E-state index in [1.807, 2.05) is 13.0 Å². The Balaban J connectivity index is 2.22. The lowest BCUT2D eigenvalue weighted by atomic mass is 10.0. The third-order valence-electron chi connectivity index (χ3n) is 2.98. The topological polar surface area (TPSA) is 43.1 Å². The van der Waals surface area contributed by atoms with E-state index in [1.54, 1.807) is 12.1 Å². The van der Waals surface area contributed by atoms with E-state index in [0.717, 1.165) is 24.0 Å². The van der Waals surface area contributed by atoms with Crippen LogP contribution in [-0.4, -0.2) is 10.3 Å². The van der Waals surface area contributed by atoms with Crippen molar-refractivity contribution in [3.63, 3.8) is 0 Å². The molecule has 1 aromatic rings. The van der Waals surface area contributed by atoms with Crippen LogP contribution in [0.5, 0.6) is 0 Å². The predicted octanol–water partition coefficient (Wildman–Crippen LogP) is 3.46. The van der Waals surface area contributed by atoms with Crippen molar-refractivity contribution in [1.29, 1.82) is 0 Å². The van der Waals surface area contributed by atoms with Gasteiger partial charge in [0, 0.05) is 17.0 Å². The molecule has 1 aliphatic carbocycles. The highest BCUT2D eigenvalue weighted by Gasteiger charge is 2.31. The van der Waals surface area contributed by atoms with E-state index in [-0.39, 0.29) is 16.0 Å². The number of halogens is 1. The second-order valence-corrected chi connectivity index (χ2v) is 5.01. The summed E-state index contributed by atoms with van der Waals surface area (Å²) >= 11 is 6.22. The van der Waals surface area contributed by atoms with Gasteiger partial charge in [0.15, 0.2) is 0 Å². The molecule has 1 aromatic carbocycles. The number of hydrogen-bond donors (Lipinski definition) is 0. The lowest BCUT2D eigenvalue weighted by Gasteiger charge is -2.08. The minimum atomic E-state index is -0.328. The van der Waals surface area contributed by atoms with Crippen molar-refractivity contribution in [3.8, 4) is 0 Å². The molecule has 0 saturated heterocycles. The Morgan fingerprint density at radius 3 is 2.81 bits per heavy atom. The summed E-state index contributed by atoms with van der Waals surface area (Å²) in [6.07, 6.45) is 2.92. The largest absolute Gasteiger partial charge is 0.272 e. The minimum absolute atomic E-state index is 0.0421. The summed E-state index contributed by atoms with van der Waals surface area (Å²) in [6.45, 7) is 1.94. The van der Waals surface area contributed by atoms with Gasteiger partial charge in [0.2, 0.25) is 0 Å². The van der Waals surface area contributed by atoms with E-state index in [1.165, 1.54) is 0 Å². The highest BCUT2D eigenvalue weighted by molar-refractivity contribution is 6.21. The third kappa shape index (κ3) is 2.53. The maximum atomic E-state index is 10.9. The molecule has 0 aliphatic heterocycles. The van der Waals surface area contributed by atoms with Crippen molar-refractivity contribution in [3.05, 3.63) is 39.4 Å². The molecule has 0 radical (unpaired) electrons. The number of rotatable bonds is 4. The van der Waals surface area contributed by atoms with Gasteiger partial charge in [0.25, 0.3) is 5.69 Å². The molecule has 0 heterocycles. The average molecular weight is 240 g/mol. The lowest BCUT2D eigenvalue weighted by molar-refractivity contribution is -0.385. The fourth-order valence-corrected chi connectivity index (χ4v) is 2.31. The van der Waals surface area contributed by atoms with E-state index >= 15 is 0 Å². The molecular formula is C12H14ClNO2. The van der Waals surface area contributed by atoms with E-state index in [2.05, 4.69) is 0 Å². The summed E-state index contributed by atoms with van der Waals surface area (Å²) in [4.78, 5) is 10.5. The smallest absolute Gasteiger partial charge is 0.258 e. The Morgan fingerprint density at radius 1 is 1.56 bits per heavy atom. The molecule has 0 aromatic heterocycles. The molecule has 3 nitrogen and oxygen atoms in total. The first-order valence-electron chi connectivity index (χ1n) is 5.46. The normalized spacial score (nSPS) is 17.1. The number of hydrogen-bond acceptors (Lipinski definition) is 2. The van der Waals surface area contributed by atoms with Crippen LogP contribution in [0.4, 0.5) is 5.69 Å². The lowest BCUT2D eigenvalue weighted by Crippen LogP contribution is -2.08.